The molecule has 0 radical (unpaired) electrons. The minimum atomic E-state index is -0.881. The van der Waals surface area contributed by atoms with Gasteiger partial charge in [0.05, 0.1) is 29.2 Å². The van der Waals surface area contributed by atoms with Crippen LogP contribution in [0, 0.1) is 5.92 Å². The van der Waals surface area contributed by atoms with Gasteiger partial charge in [-0.05, 0) is 54.5 Å². The highest BCUT2D eigenvalue weighted by Gasteiger charge is 2.30. The summed E-state index contributed by atoms with van der Waals surface area (Å²) < 4.78 is 6.84. The maximum Gasteiger partial charge on any atom is 0.328 e. The van der Waals surface area contributed by atoms with Crippen LogP contribution in [-0.2, 0) is 32.1 Å². The zero-order valence-corrected chi connectivity index (χ0v) is 26.3. The van der Waals surface area contributed by atoms with Crippen LogP contribution in [0.2, 0.25) is 15.1 Å². The average Bonchev–Trinajstić information content (AvgIpc) is 3.43. The van der Waals surface area contributed by atoms with Gasteiger partial charge in [-0.3, -0.25) is 9.59 Å². The van der Waals surface area contributed by atoms with Crippen LogP contribution in [0.1, 0.15) is 29.7 Å². The SMILES string of the molecule is COC(=O)C(Cc1cn(Cc2cccc(Cl)c2)cn1)NC(=O)C1CCN(C(=O)C=Cc2ccc(SC)c(Cl)c2Cl)CC1. The van der Waals surface area contributed by atoms with E-state index in [-0.39, 0.29) is 24.2 Å². The Labute approximate surface area is 264 Å². The molecule has 1 aliphatic heterocycles. The minimum Gasteiger partial charge on any atom is -0.467 e. The third-order valence-electron chi connectivity index (χ3n) is 7.04. The molecular formula is C30H31Cl3N4O4S. The normalized spacial score (nSPS) is 14.6. The smallest absolute Gasteiger partial charge is 0.328 e. The molecule has 42 heavy (non-hydrogen) atoms. The first-order chi connectivity index (χ1) is 20.2. The van der Waals surface area contributed by atoms with Crippen molar-refractivity contribution in [2.75, 3.05) is 26.5 Å². The number of nitrogens with zero attached hydrogens (tertiary/aromatic N) is 3. The number of nitrogens with one attached hydrogen (secondary N) is 1. The van der Waals surface area contributed by atoms with Crippen LogP contribution < -0.4 is 5.32 Å². The summed E-state index contributed by atoms with van der Waals surface area (Å²) in [4.78, 5) is 45.4. The summed E-state index contributed by atoms with van der Waals surface area (Å²) in [6.45, 7) is 1.40. The molecule has 0 spiro atoms. The van der Waals surface area contributed by atoms with E-state index in [0.29, 0.717) is 58.8 Å². The molecule has 0 aliphatic carbocycles. The standard InChI is InChI=1S/C30H31Cl3N4O4S/c1-41-30(40)24(15-23-17-36(18-34-23)16-19-4-3-5-22(31)14-19)35-29(39)21-10-12-37(13-11-21)26(38)9-7-20-6-8-25(42-2)28(33)27(20)32/h3-9,14,17-18,21,24H,10-13,15-16H2,1-2H3,(H,35,39). The Balaban J connectivity index is 1.30. The van der Waals surface area contributed by atoms with Crippen molar-refractivity contribution in [3.05, 3.63) is 86.9 Å². The number of ether oxygens (including phenoxy) is 1. The van der Waals surface area contributed by atoms with Gasteiger partial charge in [-0.15, -0.1) is 11.8 Å². The van der Waals surface area contributed by atoms with Crippen LogP contribution in [0.4, 0.5) is 0 Å². The lowest BCUT2D eigenvalue weighted by atomic mass is 9.95. The molecule has 1 aromatic heterocycles. The Kier molecular flexibility index (Phi) is 11.4. The lowest BCUT2D eigenvalue weighted by Crippen LogP contribution is -2.48. The molecule has 0 saturated carbocycles. The van der Waals surface area contributed by atoms with Gasteiger partial charge in [0.2, 0.25) is 11.8 Å². The highest BCUT2D eigenvalue weighted by molar-refractivity contribution is 7.98. The first-order valence-electron chi connectivity index (χ1n) is 13.3. The van der Waals surface area contributed by atoms with Gasteiger partial charge in [0.15, 0.2) is 0 Å². The summed E-state index contributed by atoms with van der Waals surface area (Å²) in [6.07, 6.45) is 9.68. The number of thioether (sulfide) groups is 1. The number of hydrogen-bond donors (Lipinski definition) is 1. The molecule has 4 rings (SSSR count). The van der Waals surface area contributed by atoms with E-state index in [1.807, 2.05) is 53.4 Å². The van der Waals surface area contributed by atoms with Crippen molar-refractivity contribution in [2.24, 2.45) is 5.92 Å². The lowest BCUT2D eigenvalue weighted by molar-refractivity contribution is -0.145. The summed E-state index contributed by atoms with van der Waals surface area (Å²) in [5, 5.41) is 4.35. The van der Waals surface area contributed by atoms with Gasteiger partial charge in [-0.1, -0.05) is 53.0 Å². The van der Waals surface area contributed by atoms with Crippen LogP contribution in [-0.4, -0.2) is 64.7 Å². The highest BCUT2D eigenvalue weighted by Crippen LogP contribution is 2.35. The summed E-state index contributed by atoms with van der Waals surface area (Å²) >= 11 is 20.2. The van der Waals surface area contributed by atoms with Crippen LogP contribution in [0.5, 0.6) is 0 Å². The number of benzene rings is 2. The maximum atomic E-state index is 13.1. The molecule has 2 aromatic carbocycles. The molecule has 12 heteroatoms. The second kappa shape index (κ2) is 15.0. The molecule has 2 heterocycles. The molecule has 1 aliphatic rings. The number of carbonyl (C=O) groups excluding carboxylic acids is 3. The van der Waals surface area contributed by atoms with Gasteiger partial charge < -0.3 is 19.5 Å². The third-order valence-corrected chi connectivity index (χ3v) is 9.06. The molecular weight excluding hydrogens is 619 g/mol. The van der Waals surface area contributed by atoms with Crippen LogP contribution in [0.25, 0.3) is 6.08 Å². The third kappa shape index (κ3) is 8.31. The van der Waals surface area contributed by atoms with Crippen LogP contribution in [0.3, 0.4) is 0 Å². The number of methoxy groups -OCH3 is 1. The number of carbonyl (C=O) groups is 3. The van der Waals surface area contributed by atoms with Crippen molar-refractivity contribution in [3.8, 4) is 0 Å². The number of halogens is 3. The van der Waals surface area contributed by atoms with E-state index in [2.05, 4.69) is 10.3 Å². The van der Waals surface area contributed by atoms with E-state index >= 15 is 0 Å². The summed E-state index contributed by atoms with van der Waals surface area (Å²) in [6, 6.07) is 10.3. The van der Waals surface area contributed by atoms with Crippen molar-refractivity contribution in [1.82, 2.24) is 19.8 Å². The molecule has 2 amide bonds. The van der Waals surface area contributed by atoms with Crippen molar-refractivity contribution in [2.45, 2.75) is 36.7 Å². The van der Waals surface area contributed by atoms with Crippen molar-refractivity contribution >= 4 is 70.4 Å². The molecule has 8 nitrogen and oxygen atoms in total. The summed E-state index contributed by atoms with van der Waals surface area (Å²) in [5.41, 5.74) is 2.32. The minimum absolute atomic E-state index is 0.171. The fourth-order valence-electron chi connectivity index (χ4n) is 4.74. The fraction of sp³-hybridized carbons (Fsp3) is 0.333. The fourth-order valence-corrected chi connectivity index (χ4v) is 6.13. The van der Waals surface area contributed by atoms with Gasteiger partial charge >= 0.3 is 5.97 Å². The second-order valence-electron chi connectivity index (χ2n) is 9.87. The zero-order chi connectivity index (χ0) is 30.2. The first kappa shape index (κ1) is 31.9. The predicted molar refractivity (Wildman–Crippen MR) is 167 cm³/mol. The average molecular weight is 650 g/mol. The quantitative estimate of drug-likeness (QED) is 0.170. The predicted octanol–water partition coefficient (Wildman–Crippen LogP) is 5.77. The Hall–Kier alpha value is -2.98. The second-order valence-corrected chi connectivity index (χ2v) is 11.9. The Bertz CT molecular complexity index is 1470. The van der Waals surface area contributed by atoms with E-state index in [1.165, 1.54) is 24.9 Å². The first-order valence-corrected chi connectivity index (χ1v) is 15.7. The van der Waals surface area contributed by atoms with Crippen molar-refractivity contribution < 1.29 is 19.1 Å². The molecule has 1 unspecified atom stereocenters. The molecule has 1 atom stereocenters. The number of likely N-dealkylation sites (tertiary alicyclic amines) is 1. The molecule has 1 fully saturated rings. The molecule has 1 N–H and O–H groups in total. The number of amides is 2. The number of imidazole rings is 1. The summed E-state index contributed by atoms with van der Waals surface area (Å²) in [7, 11) is 1.29. The van der Waals surface area contributed by atoms with Gasteiger partial charge in [0.25, 0.3) is 0 Å². The van der Waals surface area contributed by atoms with Gasteiger partial charge in [-0.2, -0.15) is 0 Å². The molecule has 1 saturated heterocycles. The van der Waals surface area contributed by atoms with Gasteiger partial charge in [-0.25, -0.2) is 9.78 Å². The molecule has 0 bridgehead atoms. The van der Waals surface area contributed by atoms with Crippen LogP contribution in [0.15, 0.2) is 59.9 Å². The zero-order valence-electron chi connectivity index (χ0n) is 23.2. The molecule has 222 valence electrons. The molecule has 3 aromatic rings. The monoisotopic (exact) mass is 648 g/mol. The van der Waals surface area contributed by atoms with E-state index in [9.17, 15) is 14.4 Å². The van der Waals surface area contributed by atoms with Crippen molar-refractivity contribution in [1.29, 1.82) is 0 Å². The van der Waals surface area contributed by atoms with E-state index in [1.54, 1.807) is 17.3 Å². The maximum absolute atomic E-state index is 13.1. The number of hydrogen-bond acceptors (Lipinski definition) is 6. The van der Waals surface area contributed by atoms with E-state index < -0.39 is 12.0 Å². The lowest BCUT2D eigenvalue weighted by Gasteiger charge is -2.31. The number of rotatable bonds is 10. The number of piperidine rings is 1. The van der Waals surface area contributed by atoms with Gasteiger partial charge in [0.1, 0.15) is 6.04 Å². The number of esters is 1. The van der Waals surface area contributed by atoms with Gasteiger partial charge in [0, 0.05) is 54.2 Å². The van der Waals surface area contributed by atoms with Crippen LogP contribution >= 0.6 is 46.6 Å². The summed E-state index contributed by atoms with van der Waals surface area (Å²) in [5.74, 6) is -1.30. The highest BCUT2D eigenvalue weighted by atomic mass is 35.5. The van der Waals surface area contributed by atoms with E-state index in [4.69, 9.17) is 39.5 Å². The Morgan fingerprint density at radius 2 is 1.90 bits per heavy atom. The Morgan fingerprint density at radius 3 is 2.60 bits per heavy atom. The topological polar surface area (TPSA) is 93.5 Å². The number of aromatic nitrogens is 2. The van der Waals surface area contributed by atoms with Crippen molar-refractivity contribution in [3.63, 3.8) is 0 Å². The van der Waals surface area contributed by atoms with E-state index in [0.717, 1.165) is 10.5 Å². The largest absolute Gasteiger partial charge is 0.467 e. The Morgan fingerprint density at radius 1 is 1.14 bits per heavy atom.